The average molecular weight is 246 g/mol. The molecule has 1 aliphatic heterocycles. The van der Waals surface area contributed by atoms with Crippen molar-refractivity contribution in [2.75, 3.05) is 6.54 Å². The molecule has 2 unspecified atom stereocenters. The summed E-state index contributed by atoms with van der Waals surface area (Å²) in [6.45, 7) is 2.16. The molecule has 1 aliphatic rings. The van der Waals surface area contributed by atoms with E-state index >= 15 is 0 Å². The van der Waals surface area contributed by atoms with Crippen molar-refractivity contribution >= 4 is 11.7 Å². The smallest absolute Gasteiger partial charge is 0.220 e. The van der Waals surface area contributed by atoms with Gasteiger partial charge in [0.05, 0.1) is 12.1 Å². The molecule has 0 spiro atoms. The average Bonchev–Trinajstić information content (AvgIpc) is 2.87. The Balaban J connectivity index is 2.14. The fourth-order valence-electron chi connectivity index (χ4n) is 2.47. The SMILES string of the molecule is CC(=O)N1CCCC1C(=O)C(N)c1ccccc1. The molecule has 1 aromatic carbocycles. The van der Waals surface area contributed by atoms with Gasteiger partial charge in [-0.25, -0.2) is 0 Å². The highest BCUT2D eigenvalue weighted by atomic mass is 16.2. The molecule has 1 amide bonds. The number of carbonyl (C=O) groups excluding carboxylic acids is 2. The summed E-state index contributed by atoms with van der Waals surface area (Å²) >= 11 is 0. The number of ketones is 1. The van der Waals surface area contributed by atoms with Gasteiger partial charge in [0.15, 0.2) is 5.78 Å². The lowest BCUT2D eigenvalue weighted by Gasteiger charge is -2.24. The molecule has 96 valence electrons. The highest BCUT2D eigenvalue weighted by molar-refractivity contribution is 5.93. The Morgan fingerprint density at radius 1 is 1.33 bits per heavy atom. The van der Waals surface area contributed by atoms with Crippen molar-refractivity contribution in [3.63, 3.8) is 0 Å². The number of nitrogens with zero attached hydrogens (tertiary/aromatic N) is 1. The zero-order valence-electron chi connectivity index (χ0n) is 10.5. The lowest BCUT2D eigenvalue weighted by Crippen LogP contribution is -2.43. The standard InChI is InChI=1S/C14H18N2O2/c1-10(17)16-9-5-8-12(16)14(18)13(15)11-6-3-2-4-7-11/h2-4,6-7,12-13H,5,8-9,15H2,1H3. The normalized spacial score (nSPS) is 20.8. The van der Waals surface area contributed by atoms with Gasteiger partial charge >= 0.3 is 0 Å². The topological polar surface area (TPSA) is 63.4 Å². The third-order valence-corrected chi connectivity index (χ3v) is 3.45. The maximum atomic E-state index is 12.3. The van der Waals surface area contributed by atoms with Crippen LogP contribution in [0, 0.1) is 0 Å². The van der Waals surface area contributed by atoms with Gasteiger partial charge in [-0.2, -0.15) is 0 Å². The minimum absolute atomic E-state index is 0.0499. The van der Waals surface area contributed by atoms with Gasteiger partial charge < -0.3 is 10.6 Å². The number of carbonyl (C=O) groups is 2. The minimum atomic E-state index is -0.642. The number of rotatable bonds is 3. The van der Waals surface area contributed by atoms with Crippen LogP contribution in [0.25, 0.3) is 0 Å². The van der Waals surface area contributed by atoms with Crippen LogP contribution < -0.4 is 5.73 Å². The van der Waals surface area contributed by atoms with Crippen molar-refractivity contribution in [1.29, 1.82) is 0 Å². The van der Waals surface area contributed by atoms with E-state index in [0.717, 1.165) is 18.4 Å². The van der Waals surface area contributed by atoms with Gasteiger partial charge in [0.2, 0.25) is 5.91 Å². The molecule has 1 aromatic rings. The van der Waals surface area contributed by atoms with Crippen LogP contribution in [-0.4, -0.2) is 29.2 Å². The predicted molar refractivity (Wildman–Crippen MR) is 68.8 cm³/mol. The van der Waals surface area contributed by atoms with Gasteiger partial charge in [-0.15, -0.1) is 0 Å². The highest BCUT2D eigenvalue weighted by Gasteiger charge is 2.35. The first-order valence-electron chi connectivity index (χ1n) is 6.22. The largest absolute Gasteiger partial charge is 0.333 e. The van der Waals surface area contributed by atoms with Crippen molar-refractivity contribution in [3.05, 3.63) is 35.9 Å². The third kappa shape index (κ3) is 2.43. The zero-order valence-corrected chi connectivity index (χ0v) is 10.5. The molecule has 0 saturated carbocycles. The van der Waals surface area contributed by atoms with Crippen molar-refractivity contribution in [3.8, 4) is 0 Å². The van der Waals surface area contributed by atoms with Crippen LogP contribution in [0.5, 0.6) is 0 Å². The fourth-order valence-corrected chi connectivity index (χ4v) is 2.47. The van der Waals surface area contributed by atoms with E-state index in [0.29, 0.717) is 6.54 Å². The molecule has 2 atom stereocenters. The summed E-state index contributed by atoms with van der Waals surface area (Å²) in [5, 5.41) is 0. The van der Waals surface area contributed by atoms with Crippen LogP contribution in [0.1, 0.15) is 31.4 Å². The Morgan fingerprint density at radius 2 is 2.00 bits per heavy atom. The Kier molecular flexibility index (Phi) is 3.77. The summed E-state index contributed by atoms with van der Waals surface area (Å²) in [5.41, 5.74) is 6.80. The zero-order chi connectivity index (χ0) is 13.1. The molecule has 0 radical (unpaired) electrons. The first-order chi connectivity index (χ1) is 8.61. The number of likely N-dealkylation sites (tertiary alicyclic amines) is 1. The summed E-state index contributed by atoms with van der Waals surface area (Å²) < 4.78 is 0. The van der Waals surface area contributed by atoms with E-state index < -0.39 is 6.04 Å². The molecule has 1 saturated heterocycles. The molecule has 2 N–H and O–H groups in total. The van der Waals surface area contributed by atoms with E-state index in [1.54, 1.807) is 4.90 Å². The van der Waals surface area contributed by atoms with Crippen LogP contribution in [0.4, 0.5) is 0 Å². The molecule has 2 rings (SSSR count). The van der Waals surface area contributed by atoms with Gasteiger partial charge in [0, 0.05) is 13.5 Å². The van der Waals surface area contributed by atoms with Crippen LogP contribution in [0.3, 0.4) is 0 Å². The van der Waals surface area contributed by atoms with Crippen molar-refractivity contribution in [2.24, 2.45) is 5.73 Å². The molecule has 4 heteroatoms. The van der Waals surface area contributed by atoms with E-state index in [-0.39, 0.29) is 17.7 Å². The lowest BCUT2D eigenvalue weighted by molar-refractivity contribution is -0.136. The predicted octanol–water partition coefficient (Wildman–Crippen LogP) is 1.27. The summed E-state index contributed by atoms with van der Waals surface area (Å²) in [4.78, 5) is 25.4. The lowest BCUT2D eigenvalue weighted by atomic mass is 9.97. The number of hydrogen-bond acceptors (Lipinski definition) is 3. The first-order valence-corrected chi connectivity index (χ1v) is 6.22. The molecule has 1 heterocycles. The van der Waals surface area contributed by atoms with E-state index in [1.807, 2.05) is 30.3 Å². The molecule has 4 nitrogen and oxygen atoms in total. The second-order valence-corrected chi connectivity index (χ2v) is 4.66. The van der Waals surface area contributed by atoms with Gasteiger partial charge in [0.1, 0.15) is 0 Å². The molecule has 0 aromatic heterocycles. The Morgan fingerprint density at radius 3 is 2.61 bits per heavy atom. The second kappa shape index (κ2) is 5.31. The van der Waals surface area contributed by atoms with E-state index in [1.165, 1.54) is 6.92 Å². The van der Waals surface area contributed by atoms with Crippen molar-refractivity contribution in [2.45, 2.75) is 31.8 Å². The quantitative estimate of drug-likeness (QED) is 0.873. The second-order valence-electron chi connectivity index (χ2n) is 4.66. The van der Waals surface area contributed by atoms with E-state index in [2.05, 4.69) is 0 Å². The van der Waals surface area contributed by atoms with Crippen LogP contribution >= 0.6 is 0 Å². The fraction of sp³-hybridized carbons (Fsp3) is 0.429. The number of benzene rings is 1. The minimum Gasteiger partial charge on any atom is -0.333 e. The van der Waals surface area contributed by atoms with Gasteiger partial charge in [-0.3, -0.25) is 9.59 Å². The monoisotopic (exact) mass is 246 g/mol. The molecular formula is C14H18N2O2. The Hall–Kier alpha value is -1.68. The van der Waals surface area contributed by atoms with Crippen molar-refractivity contribution < 1.29 is 9.59 Å². The van der Waals surface area contributed by atoms with Crippen LogP contribution in [0.15, 0.2) is 30.3 Å². The number of Topliss-reactive ketones (excluding diaryl/α,β-unsaturated/α-hetero) is 1. The molecular weight excluding hydrogens is 228 g/mol. The summed E-state index contributed by atoms with van der Waals surface area (Å²) in [5.74, 6) is -0.111. The molecule has 0 bridgehead atoms. The Labute approximate surface area is 107 Å². The number of nitrogens with two attached hydrogens (primary N) is 1. The maximum Gasteiger partial charge on any atom is 0.220 e. The van der Waals surface area contributed by atoms with Gasteiger partial charge in [-0.05, 0) is 18.4 Å². The van der Waals surface area contributed by atoms with Crippen LogP contribution in [-0.2, 0) is 9.59 Å². The number of amides is 1. The number of hydrogen-bond donors (Lipinski definition) is 1. The van der Waals surface area contributed by atoms with E-state index in [9.17, 15) is 9.59 Å². The molecule has 0 aliphatic carbocycles. The third-order valence-electron chi connectivity index (χ3n) is 3.45. The van der Waals surface area contributed by atoms with Gasteiger partial charge in [-0.1, -0.05) is 30.3 Å². The van der Waals surface area contributed by atoms with Crippen molar-refractivity contribution in [1.82, 2.24) is 4.90 Å². The van der Waals surface area contributed by atoms with Crippen LogP contribution in [0.2, 0.25) is 0 Å². The molecule has 1 fully saturated rings. The first kappa shape index (κ1) is 12.8. The van der Waals surface area contributed by atoms with Gasteiger partial charge in [0.25, 0.3) is 0 Å². The molecule has 18 heavy (non-hydrogen) atoms. The Bertz CT molecular complexity index is 444. The summed E-state index contributed by atoms with van der Waals surface area (Å²) in [6.07, 6.45) is 1.59. The summed E-state index contributed by atoms with van der Waals surface area (Å²) in [7, 11) is 0. The van der Waals surface area contributed by atoms with E-state index in [4.69, 9.17) is 5.73 Å². The highest BCUT2D eigenvalue weighted by Crippen LogP contribution is 2.23. The summed E-state index contributed by atoms with van der Waals surface area (Å²) in [6, 6.07) is 8.30. The maximum absolute atomic E-state index is 12.3.